The van der Waals surface area contributed by atoms with Gasteiger partial charge in [0.15, 0.2) is 0 Å². The maximum absolute atomic E-state index is 13.1. The lowest BCUT2D eigenvalue weighted by molar-refractivity contribution is -0.151. The Morgan fingerprint density at radius 2 is 0.966 bits per heavy atom. The van der Waals surface area contributed by atoms with Gasteiger partial charge in [0.1, 0.15) is 6.10 Å². The maximum Gasteiger partial charge on any atom is 0.306 e. The summed E-state index contributed by atoms with van der Waals surface area (Å²) in [7, 11) is 0. The van der Waals surface area contributed by atoms with E-state index in [1.165, 1.54) is 44.9 Å². The second-order valence-electron chi connectivity index (χ2n) is 15.3. The molecule has 1 amide bonds. The highest BCUT2D eigenvalue weighted by atomic mass is 16.5. The highest BCUT2D eigenvalue weighted by molar-refractivity contribution is 5.77. The molecule has 332 valence electrons. The van der Waals surface area contributed by atoms with E-state index in [0.29, 0.717) is 19.3 Å². The van der Waals surface area contributed by atoms with Gasteiger partial charge in [-0.25, -0.2) is 0 Å². The van der Waals surface area contributed by atoms with Gasteiger partial charge in [-0.3, -0.25) is 9.59 Å². The minimum absolute atomic E-state index is 0.00906. The van der Waals surface area contributed by atoms with Crippen molar-refractivity contribution in [1.82, 2.24) is 5.32 Å². The minimum Gasteiger partial charge on any atom is -0.462 e. The molecule has 3 atom stereocenters. The summed E-state index contributed by atoms with van der Waals surface area (Å²) >= 11 is 0. The molecule has 3 N–H and O–H groups in total. The van der Waals surface area contributed by atoms with Crippen LogP contribution in [-0.4, -0.2) is 46.9 Å². The van der Waals surface area contributed by atoms with Crippen LogP contribution in [0, 0.1) is 0 Å². The normalized spacial score (nSPS) is 14.5. The van der Waals surface area contributed by atoms with Crippen molar-refractivity contribution in [2.24, 2.45) is 0 Å². The third-order valence-electron chi connectivity index (χ3n) is 9.76. The van der Waals surface area contributed by atoms with Crippen molar-refractivity contribution in [1.29, 1.82) is 0 Å². The van der Waals surface area contributed by atoms with E-state index in [9.17, 15) is 19.8 Å². The predicted octanol–water partition coefficient (Wildman–Crippen LogP) is 13.7. The predicted molar refractivity (Wildman–Crippen MR) is 254 cm³/mol. The lowest BCUT2D eigenvalue weighted by Gasteiger charge is -2.24. The summed E-state index contributed by atoms with van der Waals surface area (Å²) < 4.78 is 5.86. The molecule has 0 rings (SSSR count). The van der Waals surface area contributed by atoms with Gasteiger partial charge in [-0.2, -0.15) is 0 Å². The number of unbranched alkanes of at least 4 members (excludes halogenated alkanes) is 15. The van der Waals surface area contributed by atoms with Crippen LogP contribution in [0.15, 0.2) is 122 Å². The van der Waals surface area contributed by atoms with Gasteiger partial charge < -0.3 is 20.3 Å². The van der Waals surface area contributed by atoms with Gasteiger partial charge in [-0.05, 0) is 57.8 Å². The third-order valence-corrected chi connectivity index (χ3v) is 9.76. The molecule has 0 aromatic rings. The Morgan fingerprint density at radius 1 is 0.508 bits per heavy atom. The summed E-state index contributed by atoms with van der Waals surface area (Å²) in [4.78, 5) is 26.0. The molecule has 59 heavy (non-hydrogen) atoms. The number of hydrogen-bond donors (Lipinski definition) is 3. The number of ether oxygens (including phenoxy) is 1. The molecule has 0 aliphatic carbocycles. The fourth-order valence-corrected chi connectivity index (χ4v) is 6.25. The first-order chi connectivity index (χ1) is 29.0. The van der Waals surface area contributed by atoms with Crippen LogP contribution in [0.3, 0.4) is 0 Å². The van der Waals surface area contributed by atoms with Crippen LogP contribution < -0.4 is 5.32 Å². The van der Waals surface area contributed by atoms with Gasteiger partial charge >= 0.3 is 5.97 Å². The fraction of sp³-hybridized carbons (Fsp3) is 0.585. The Hall–Kier alpha value is -3.74. The summed E-state index contributed by atoms with van der Waals surface area (Å²) in [6.07, 6.45) is 62.6. The fourth-order valence-electron chi connectivity index (χ4n) is 6.25. The molecule has 0 radical (unpaired) electrons. The molecule has 0 spiro atoms. The molecule has 0 saturated carbocycles. The van der Waals surface area contributed by atoms with Gasteiger partial charge in [0.25, 0.3) is 0 Å². The Labute approximate surface area is 361 Å². The molecule has 0 bridgehead atoms. The van der Waals surface area contributed by atoms with Crippen LogP contribution in [-0.2, 0) is 14.3 Å². The number of esters is 1. The van der Waals surface area contributed by atoms with Crippen molar-refractivity contribution in [3.8, 4) is 0 Å². The number of aliphatic hydroxyl groups is 2. The van der Waals surface area contributed by atoms with Crippen molar-refractivity contribution >= 4 is 11.9 Å². The number of amides is 1. The molecule has 6 nitrogen and oxygen atoms in total. The standard InChI is InChI=1S/C53H85NO5/c1-4-7-10-13-16-19-21-23-24-25-26-27-29-31-34-37-40-43-46-53(58)59-49(44-41-38-35-33-30-28-22-20-17-14-11-8-5-2)47-52(57)54-50(48-55)51(56)45-42-39-36-32-18-15-12-9-6-3/h8,10-11,13-14,16-17,19-28,30,33,35,49-51,55-56H,4-7,9,12,15,18,29,31-32,34,36-48H2,1-3H3,(H,54,57)/b11-8+,13-10+,17-14+,19-16+,22-20-,23-21+,25-24+,27-26+,30-28-,35-33+. The van der Waals surface area contributed by atoms with Crippen molar-refractivity contribution in [3.05, 3.63) is 122 Å². The number of aliphatic hydroxyl groups excluding tert-OH is 2. The van der Waals surface area contributed by atoms with E-state index in [1.807, 2.05) is 79.0 Å². The molecule has 0 aliphatic rings. The first-order valence-corrected chi connectivity index (χ1v) is 23.4. The summed E-state index contributed by atoms with van der Waals surface area (Å²) in [5.74, 6) is -0.593. The molecule has 6 heteroatoms. The lowest BCUT2D eigenvalue weighted by Crippen LogP contribution is -2.46. The number of hydrogen-bond acceptors (Lipinski definition) is 5. The molecule has 0 saturated heterocycles. The topological polar surface area (TPSA) is 95.9 Å². The zero-order valence-electron chi connectivity index (χ0n) is 37.6. The van der Waals surface area contributed by atoms with Gasteiger partial charge in [0, 0.05) is 6.42 Å². The van der Waals surface area contributed by atoms with Crippen LogP contribution in [0.25, 0.3) is 0 Å². The summed E-state index contributed by atoms with van der Waals surface area (Å²) in [6.45, 7) is 6.17. The SMILES string of the molecule is CC/C=C/C=C/C=C\C=C/C=C/CCCC(CC(=O)NC(CO)C(O)CCCCCCCCCCC)OC(=O)CCCCCCC/C=C/C=C/C=C/C=C/C=C/CCC. The Kier molecular flexibility index (Phi) is 42.5. The highest BCUT2D eigenvalue weighted by Crippen LogP contribution is 2.16. The second-order valence-corrected chi connectivity index (χ2v) is 15.3. The summed E-state index contributed by atoms with van der Waals surface area (Å²) in [6, 6.07) is -0.737. The number of carbonyl (C=O) groups is 2. The highest BCUT2D eigenvalue weighted by Gasteiger charge is 2.24. The molecule has 0 aliphatic heterocycles. The van der Waals surface area contributed by atoms with E-state index in [4.69, 9.17) is 4.74 Å². The molecule has 0 fully saturated rings. The van der Waals surface area contributed by atoms with E-state index in [0.717, 1.165) is 83.5 Å². The smallest absolute Gasteiger partial charge is 0.306 e. The van der Waals surface area contributed by atoms with Crippen molar-refractivity contribution < 1.29 is 24.5 Å². The van der Waals surface area contributed by atoms with Gasteiger partial charge in [-0.15, -0.1) is 0 Å². The lowest BCUT2D eigenvalue weighted by atomic mass is 10.0. The molecule has 0 aromatic carbocycles. The number of allylic oxidation sites excluding steroid dienone is 20. The first-order valence-electron chi connectivity index (χ1n) is 23.4. The van der Waals surface area contributed by atoms with E-state index in [2.05, 4.69) is 68.6 Å². The minimum atomic E-state index is -0.817. The van der Waals surface area contributed by atoms with Gasteiger partial charge in [0.05, 0.1) is 25.2 Å². The van der Waals surface area contributed by atoms with Crippen LogP contribution >= 0.6 is 0 Å². The molecular formula is C53H85NO5. The van der Waals surface area contributed by atoms with Crippen molar-refractivity contribution in [2.75, 3.05) is 6.61 Å². The average Bonchev–Trinajstić information content (AvgIpc) is 3.23. The number of nitrogens with one attached hydrogen (secondary N) is 1. The van der Waals surface area contributed by atoms with E-state index in [1.54, 1.807) is 0 Å². The zero-order valence-corrected chi connectivity index (χ0v) is 37.6. The zero-order chi connectivity index (χ0) is 43.1. The first kappa shape index (κ1) is 55.3. The number of carbonyl (C=O) groups excluding carboxylic acids is 2. The maximum atomic E-state index is 13.1. The molecular weight excluding hydrogens is 731 g/mol. The molecule has 0 aromatic heterocycles. The van der Waals surface area contributed by atoms with E-state index < -0.39 is 18.2 Å². The van der Waals surface area contributed by atoms with Crippen LogP contribution in [0.2, 0.25) is 0 Å². The van der Waals surface area contributed by atoms with Crippen LogP contribution in [0.4, 0.5) is 0 Å². The molecule has 3 unspecified atom stereocenters. The quantitative estimate of drug-likeness (QED) is 0.0326. The Balaban J connectivity index is 4.78. The second kappa shape index (κ2) is 45.3. The van der Waals surface area contributed by atoms with Crippen molar-refractivity contribution in [2.45, 2.75) is 193 Å². The van der Waals surface area contributed by atoms with Gasteiger partial charge in [-0.1, -0.05) is 226 Å². The Morgan fingerprint density at radius 3 is 1.49 bits per heavy atom. The average molecular weight is 816 g/mol. The summed E-state index contributed by atoms with van der Waals surface area (Å²) in [5.41, 5.74) is 0. The van der Waals surface area contributed by atoms with Crippen molar-refractivity contribution in [3.63, 3.8) is 0 Å². The van der Waals surface area contributed by atoms with E-state index in [-0.39, 0.29) is 24.9 Å². The number of rotatable bonds is 39. The largest absolute Gasteiger partial charge is 0.462 e. The van der Waals surface area contributed by atoms with E-state index >= 15 is 0 Å². The summed E-state index contributed by atoms with van der Waals surface area (Å²) in [5, 5.41) is 23.6. The Bertz CT molecular complexity index is 1280. The van der Waals surface area contributed by atoms with Crippen LogP contribution in [0.5, 0.6) is 0 Å². The monoisotopic (exact) mass is 816 g/mol. The molecule has 0 heterocycles. The van der Waals surface area contributed by atoms with Gasteiger partial charge in [0.2, 0.25) is 5.91 Å². The third kappa shape index (κ3) is 40.8. The van der Waals surface area contributed by atoms with Crippen LogP contribution in [0.1, 0.15) is 175 Å².